The number of hydrogen-bond acceptors (Lipinski definition) is 4. The molecule has 0 spiro atoms. The normalized spacial score (nSPS) is 10.4. The average molecular weight is 242 g/mol. The Bertz CT molecular complexity index is 396. The number of hydrogen-bond donors (Lipinski definition) is 0. The first kappa shape index (κ1) is 12.4. The zero-order valence-electron chi connectivity index (χ0n) is 9.05. The Hall–Kier alpha value is -1.62. The summed E-state index contributed by atoms with van der Waals surface area (Å²) in [6.45, 7) is 2.32. The molecule has 0 bridgehead atoms. The van der Waals surface area contributed by atoms with Crippen molar-refractivity contribution in [3.05, 3.63) is 28.8 Å². The van der Waals surface area contributed by atoms with Crippen LogP contribution in [-0.4, -0.2) is 25.3 Å². The van der Waals surface area contributed by atoms with E-state index < -0.39 is 0 Å². The predicted molar refractivity (Wildman–Crippen MR) is 60.5 cm³/mol. The third-order valence-electron chi connectivity index (χ3n) is 1.79. The highest BCUT2D eigenvalue weighted by Crippen LogP contribution is 2.22. The number of carbonyl (C=O) groups is 1. The molecule has 16 heavy (non-hydrogen) atoms. The quantitative estimate of drug-likeness (QED) is 0.345. The summed E-state index contributed by atoms with van der Waals surface area (Å²) in [6.07, 6.45) is 0. The van der Waals surface area contributed by atoms with E-state index in [1.807, 2.05) is 6.92 Å². The van der Waals surface area contributed by atoms with Gasteiger partial charge in [0.1, 0.15) is 0 Å². The minimum atomic E-state index is 0.0691. The third kappa shape index (κ3) is 3.86. The Kier molecular flexibility index (Phi) is 4.72. The van der Waals surface area contributed by atoms with Gasteiger partial charge in [0, 0.05) is 12.1 Å². The number of aryl methyl sites for hydroxylation is 1. The molecule has 0 saturated heterocycles. The van der Waals surface area contributed by atoms with Crippen LogP contribution in [-0.2, 0) is 9.53 Å². The maximum atomic E-state index is 9.94. The molecule has 0 aliphatic rings. The van der Waals surface area contributed by atoms with E-state index in [1.165, 1.54) is 5.01 Å². The zero-order chi connectivity index (χ0) is 12.0. The van der Waals surface area contributed by atoms with Crippen LogP contribution in [0.3, 0.4) is 0 Å². The maximum absolute atomic E-state index is 9.94. The van der Waals surface area contributed by atoms with E-state index >= 15 is 0 Å². The Morgan fingerprint density at radius 2 is 2.31 bits per heavy atom. The van der Waals surface area contributed by atoms with Crippen molar-refractivity contribution in [2.45, 2.75) is 6.92 Å². The molecule has 1 aromatic rings. The largest absolute Gasteiger partial charge is 0.445 e. The van der Waals surface area contributed by atoms with E-state index in [0.717, 1.165) is 11.3 Å². The second kappa shape index (κ2) is 6.07. The highest BCUT2D eigenvalue weighted by Gasteiger charge is 1.98. The van der Waals surface area contributed by atoms with Gasteiger partial charge in [-0.1, -0.05) is 16.8 Å². The topological polar surface area (TPSA) is 54.3 Å². The van der Waals surface area contributed by atoms with Crippen molar-refractivity contribution in [3.63, 3.8) is 0 Å². The van der Waals surface area contributed by atoms with Crippen LogP contribution >= 0.6 is 11.6 Å². The van der Waals surface area contributed by atoms with Gasteiger partial charge in [-0.3, -0.25) is 4.79 Å². The number of nitrogens with zero attached hydrogens (tertiary/aromatic N) is 3. The molecule has 5 nitrogen and oxygen atoms in total. The Balaban J connectivity index is 2.65. The molecule has 6 heteroatoms. The van der Waals surface area contributed by atoms with Gasteiger partial charge in [0.25, 0.3) is 6.47 Å². The van der Waals surface area contributed by atoms with Crippen LogP contribution in [0.25, 0.3) is 0 Å². The lowest BCUT2D eigenvalue weighted by atomic mass is 10.2. The first-order valence-electron chi connectivity index (χ1n) is 4.57. The minimum Gasteiger partial charge on any atom is -0.445 e. The highest BCUT2D eigenvalue weighted by atomic mass is 35.5. The van der Waals surface area contributed by atoms with Gasteiger partial charge in [0.05, 0.1) is 5.69 Å². The molecule has 0 fully saturated rings. The van der Waals surface area contributed by atoms with E-state index in [2.05, 4.69) is 15.1 Å². The zero-order valence-corrected chi connectivity index (χ0v) is 9.81. The van der Waals surface area contributed by atoms with Crippen LogP contribution in [0, 0.1) is 6.92 Å². The van der Waals surface area contributed by atoms with Gasteiger partial charge >= 0.3 is 0 Å². The molecule has 0 saturated carbocycles. The lowest BCUT2D eigenvalue weighted by Gasteiger charge is -2.08. The fraction of sp³-hybridized carbons (Fsp3) is 0.300. The van der Waals surface area contributed by atoms with Gasteiger partial charge in [0.2, 0.25) is 0 Å². The lowest BCUT2D eigenvalue weighted by Crippen LogP contribution is -2.13. The molecule has 0 amide bonds. The summed E-state index contributed by atoms with van der Waals surface area (Å²) in [5.74, 6) is 0. The molecule has 1 rings (SSSR count). The molecule has 0 aliphatic carbocycles. The smallest absolute Gasteiger partial charge is 0.294 e. The second-order valence-electron chi connectivity index (χ2n) is 3.17. The molecule has 1 aromatic carbocycles. The van der Waals surface area contributed by atoms with Crippen LogP contribution in [0.15, 0.2) is 28.5 Å². The van der Waals surface area contributed by atoms with Crippen molar-refractivity contribution in [2.24, 2.45) is 10.3 Å². The van der Waals surface area contributed by atoms with Crippen molar-refractivity contribution >= 4 is 23.8 Å². The van der Waals surface area contributed by atoms with Crippen molar-refractivity contribution in [1.29, 1.82) is 0 Å². The third-order valence-corrected chi connectivity index (χ3v) is 2.03. The van der Waals surface area contributed by atoms with Gasteiger partial charge < -0.3 is 4.74 Å². The van der Waals surface area contributed by atoms with E-state index in [9.17, 15) is 4.79 Å². The monoisotopic (exact) mass is 241 g/mol. The van der Waals surface area contributed by atoms with Gasteiger partial charge in [0.15, 0.2) is 6.73 Å². The molecule has 0 aromatic heterocycles. The summed E-state index contributed by atoms with van der Waals surface area (Å²) < 4.78 is 4.50. The van der Waals surface area contributed by atoms with Gasteiger partial charge in [-0.25, -0.2) is 5.01 Å². The summed E-state index contributed by atoms with van der Waals surface area (Å²) >= 11 is 5.81. The van der Waals surface area contributed by atoms with E-state index in [4.69, 9.17) is 11.6 Å². The summed E-state index contributed by atoms with van der Waals surface area (Å²) in [7, 11) is 1.65. The van der Waals surface area contributed by atoms with E-state index in [-0.39, 0.29) is 6.73 Å². The minimum absolute atomic E-state index is 0.0691. The number of benzene rings is 1. The maximum Gasteiger partial charge on any atom is 0.294 e. The molecular formula is C10H12ClN3O2. The van der Waals surface area contributed by atoms with E-state index in [0.29, 0.717) is 11.5 Å². The van der Waals surface area contributed by atoms with Crippen LogP contribution in [0.5, 0.6) is 0 Å². The van der Waals surface area contributed by atoms with Gasteiger partial charge in [-0.05, 0) is 30.7 Å². The lowest BCUT2D eigenvalue weighted by molar-refractivity contribution is -0.132. The molecule has 0 aliphatic heterocycles. The summed E-state index contributed by atoms with van der Waals surface area (Å²) in [5, 5.41) is 9.92. The molecule has 0 unspecified atom stereocenters. The highest BCUT2D eigenvalue weighted by molar-refractivity contribution is 6.30. The van der Waals surface area contributed by atoms with Crippen molar-refractivity contribution in [1.82, 2.24) is 5.01 Å². The molecule has 86 valence electrons. The first-order valence-corrected chi connectivity index (χ1v) is 4.95. The number of halogens is 1. The standard InChI is InChI=1S/C10H12ClN3O2/c1-8-5-9(11)3-4-10(8)12-13-14(2)6-16-7-15/h3-5,7H,6H2,1-2H3. The van der Waals surface area contributed by atoms with Crippen LogP contribution < -0.4 is 0 Å². The fourth-order valence-corrected chi connectivity index (χ4v) is 1.25. The van der Waals surface area contributed by atoms with Crippen molar-refractivity contribution < 1.29 is 9.53 Å². The SMILES string of the molecule is Cc1cc(Cl)ccc1N=NN(C)COC=O. The van der Waals surface area contributed by atoms with Crippen LogP contribution in [0.4, 0.5) is 5.69 Å². The van der Waals surface area contributed by atoms with Crippen molar-refractivity contribution in [3.8, 4) is 0 Å². The Morgan fingerprint density at radius 1 is 1.56 bits per heavy atom. The molecular weight excluding hydrogens is 230 g/mol. The summed E-state index contributed by atoms with van der Waals surface area (Å²) in [4.78, 5) is 9.94. The molecule has 0 atom stereocenters. The number of ether oxygens (including phenoxy) is 1. The summed E-state index contributed by atoms with van der Waals surface area (Å²) in [5.41, 5.74) is 1.66. The Labute approximate surface area is 98.6 Å². The predicted octanol–water partition coefficient (Wildman–Crippen LogP) is 2.71. The Morgan fingerprint density at radius 3 is 2.94 bits per heavy atom. The average Bonchev–Trinajstić information content (AvgIpc) is 2.25. The number of carbonyl (C=O) groups excluding carboxylic acids is 1. The second-order valence-corrected chi connectivity index (χ2v) is 3.61. The van der Waals surface area contributed by atoms with Crippen LogP contribution in [0.1, 0.15) is 5.56 Å². The van der Waals surface area contributed by atoms with E-state index in [1.54, 1.807) is 25.2 Å². The molecule has 0 radical (unpaired) electrons. The van der Waals surface area contributed by atoms with Crippen molar-refractivity contribution in [2.75, 3.05) is 13.8 Å². The molecule has 0 N–H and O–H groups in total. The number of rotatable bonds is 5. The van der Waals surface area contributed by atoms with Crippen LogP contribution in [0.2, 0.25) is 5.02 Å². The fourth-order valence-electron chi connectivity index (χ4n) is 1.02. The first-order chi connectivity index (χ1) is 7.63. The summed E-state index contributed by atoms with van der Waals surface area (Å²) in [6, 6.07) is 5.32. The molecule has 0 heterocycles. The van der Waals surface area contributed by atoms with Gasteiger partial charge in [-0.2, -0.15) is 0 Å². The van der Waals surface area contributed by atoms with Gasteiger partial charge in [-0.15, -0.1) is 5.11 Å².